The van der Waals surface area contributed by atoms with Crippen molar-refractivity contribution in [2.75, 3.05) is 19.8 Å². The normalized spacial score (nSPS) is 11.2. The smallest absolute Gasteiger partial charge is 0.104 e. The predicted molar refractivity (Wildman–Crippen MR) is 102 cm³/mol. The van der Waals surface area contributed by atoms with Crippen LogP contribution in [0.4, 0.5) is 0 Å². The second-order valence-electron chi connectivity index (χ2n) is 6.30. The summed E-state index contributed by atoms with van der Waals surface area (Å²) in [6.45, 7) is 2.65. The molecule has 0 radical (unpaired) electrons. The Balaban J connectivity index is 3.25. The Morgan fingerprint density at radius 3 is 2.25 bits per heavy atom. The maximum atomic E-state index is 8.86. The molecule has 0 amide bonds. The Labute approximate surface area is 149 Å². The van der Waals surface area contributed by atoms with Crippen molar-refractivity contribution < 1.29 is 14.9 Å². The lowest BCUT2D eigenvalue weighted by molar-refractivity contribution is -0.0208. The highest BCUT2D eigenvalue weighted by molar-refractivity contribution is 5.14. The molecule has 0 aliphatic heterocycles. The molecular formula is C21H38O3. The molecule has 2 N–H and O–H groups in total. The highest BCUT2D eigenvalue weighted by Gasteiger charge is 2.04. The minimum absolute atomic E-state index is 0.106. The molecule has 0 aromatic heterocycles. The summed E-state index contributed by atoms with van der Waals surface area (Å²) in [5, 5.41) is 17.7. The first-order valence-corrected chi connectivity index (χ1v) is 9.81. The predicted octanol–water partition coefficient (Wildman–Crippen LogP) is 4.62. The SMILES string of the molecule is CCCCCC/C=C/C#CCCCCCCCCOC(CO)CO. The third-order valence-corrected chi connectivity index (χ3v) is 3.98. The Hall–Kier alpha value is -0.820. The van der Waals surface area contributed by atoms with E-state index >= 15 is 0 Å². The number of aliphatic hydroxyl groups excluding tert-OH is 2. The monoisotopic (exact) mass is 338 g/mol. The molecule has 0 bridgehead atoms. The molecule has 0 heterocycles. The van der Waals surface area contributed by atoms with Crippen LogP contribution in [0.5, 0.6) is 0 Å². The van der Waals surface area contributed by atoms with Crippen LogP contribution in [0, 0.1) is 11.8 Å². The van der Waals surface area contributed by atoms with Gasteiger partial charge >= 0.3 is 0 Å². The molecule has 0 spiro atoms. The molecule has 0 aliphatic carbocycles. The van der Waals surface area contributed by atoms with E-state index in [9.17, 15) is 0 Å². The summed E-state index contributed by atoms with van der Waals surface area (Å²) in [7, 11) is 0. The molecule has 3 heteroatoms. The van der Waals surface area contributed by atoms with Crippen LogP contribution in [0.2, 0.25) is 0 Å². The zero-order valence-electron chi connectivity index (χ0n) is 15.6. The lowest BCUT2D eigenvalue weighted by atomic mass is 10.1. The first-order chi connectivity index (χ1) is 11.8. The number of allylic oxidation sites excluding steroid dienone is 2. The van der Waals surface area contributed by atoms with Crippen molar-refractivity contribution in [1.29, 1.82) is 0 Å². The van der Waals surface area contributed by atoms with E-state index in [0.717, 1.165) is 25.7 Å². The molecule has 0 aliphatic rings. The van der Waals surface area contributed by atoms with E-state index in [1.807, 2.05) is 6.08 Å². The molecule has 140 valence electrons. The number of aliphatic hydroxyl groups is 2. The van der Waals surface area contributed by atoms with Crippen molar-refractivity contribution in [3.05, 3.63) is 12.2 Å². The topological polar surface area (TPSA) is 49.7 Å². The molecule has 0 fully saturated rings. The van der Waals surface area contributed by atoms with Gasteiger partial charge in [-0.25, -0.2) is 0 Å². The largest absolute Gasteiger partial charge is 0.394 e. The molecule has 0 atom stereocenters. The molecule has 3 nitrogen and oxygen atoms in total. The van der Waals surface area contributed by atoms with Crippen molar-refractivity contribution in [2.45, 2.75) is 90.1 Å². The molecule has 0 saturated carbocycles. The van der Waals surface area contributed by atoms with Crippen LogP contribution in [0.1, 0.15) is 84.0 Å². The molecule has 0 aromatic carbocycles. The fourth-order valence-corrected chi connectivity index (χ4v) is 2.40. The lowest BCUT2D eigenvalue weighted by Crippen LogP contribution is -2.22. The highest BCUT2D eigenvalue weighted by atomic mass is 16.5. The summed E-state index contributed by atoms with van der Waals surface area (Å²) in [5.74, 6) is 6.35. The Bertz CT molecular complexity index is 324. The summed E-state index contributed by atoms with van der Waals surface area (Å²) in [6.07, 6.45) is 18.3. The van der Waals surface area contributed by atoms with Gasteiger partial charge in [0.05, 0.1) is 13.2 Å². The third-order valence-electron chi connectivity index (χ3n) is 3.98. The van der Waals surface area contributed by atoms with E-state index in [2.05, 4.69) is 24.8 Å². The Morgan fingerprint density at radius 2 is 1.54 bits per heavy atom. The average molecular weight is 339 g/mol. The number of hydrogen-bond donors (Lipinski definition) is 2. The van der Waals surface area contributed by atoms with Crippen molar-refractivity contribution >= 4 is 0 Å². The fraction of sp³-hybridized carbons (Fsp3) is 0.810. The summed E-state index contributed by atoms with van der Waals surface area (Å²) in [6, 6.07) is 0. The second-order valence-corrected chi connectivity index (χ2v) is 6.30. The zero-order valence-corrected chi connectivity index (χ0v) is 15.6. The molecular weight excluding hydrogens is 300 g/mol. The Morgan fingerprint density at radius 1 is 0.875 bits per heavy atom. The van der Waals surface area contributed by atoms with Gasteiger partial charge in [0.25, 0.3) is 0 Å². The van der Waals surface area contributed by atoms with Crippen molar-refractivity contribution in [3.63, 3.8) is 0 Å². The van der Waals surface area contributed by atoms with Gasteiger partial charge in [-0.3, -0.25) is 0 Å². The van der Waals surface area contributed by atoms with Gasteiger partial charge in [-0.05, 0) is 31.8 Å². The second kappa shape index (κ2) is 20.2. The maximum absolute atomic E-state index is 8.86. The van der Waals surface area contributed by atoms with Crippen LogP contribution in [-0.4, -0.2) is 36.1 Å². The number of rotatable bonds is 16. The van der Waals surface area contributed by atoms with E-state index in [-0.39, 0.29) is 13.2 Å². The van der Waals surface area contributed by atoms with Gasteiger partial charge in [-0.15, -0.1) is 0 Å². The molecule has 0 saturated heterocycles. The average Bonchev–Trinajstić information content (AvgIpc) is 2.61. The maximum Gasteiger partial charge on any atom is 0.104 e. The van der Waals surface area contributed by atoms with E-state index in [1.165, 1.54) is 51.4 Å². The highest BCUT2D eigenvalue weighted by Crippen LogP contribution is 2.07. The van der Waals surface area contributed by atoms with Gasteiger partial charge in [0.1, 0.15) is 6.10 Å². The van der Waals surface area contributed by atoms with Gasteiger partial charge in [-0.2, -0.15) is 0 Å². The minimum atomic E-state index is -0.408. The molecule has 0 aromatic rings. The van der Waals surface area contributed by atoms with E-state index in [4.69, 9.17) is 14.9 Å². The van der Waals surface area contributed by atoms with Crippen LogP contribution in [0.3, 0.4) is 0 Å². The summed E-state index contributed by atoms with van der Waals surface area (Å²) in [4.78, 5) is 0. The van der Waals surface area contributed by atoms with E-state index in [0.29, 0.717) is 6.61 Å². The lowest BCUT2D eigenvalue weighted by Gasteiger charge is -2.11. The molecule has 0 rings (SSSR count). The number of unbranched alkanes of at least 4 members (excludes halogenated alkanes) is 10. The van der Waals surface area contributed by atoms with Gasteiger partial charge in [0.2, 0.25) is 0 Å². The van der Waals surface area contributed by atoms with Crippen LogP contribution in [0.25, 0.3) is 0 Å². The molecule has 24 heavy (non-hydrogen) atoms. The van der Waals surface area contributed by atoms with Crippen LogP contribution < -0.4 is 0 Å². The van der Waals surface area contributed by atoms with Gasteiger partial charge in [0.15, 0.2) is 0 Å². The standard InChI is InChI=1S/C21H38O3/c1-2-3-4-5-6-7-8-9-10-11-12-13-14-15-16-17-18-24-21(19-22)20-23/h7-8,21-23H,2-6,11-20H2,1H3/b8-7+. The summed E-state index contributed by atoms with van der Waals surface area (Å²) < 4.78 is 5.33. The van der Waals surface area contributed by atoms with Gasteiger partial charge in [0, 0.05) is 13.0 Å². The van der Waals surface area contributed by atoms with Crippen LogP contribution in [-0.2, 0) is 4.74 Å². The molecule has 0 unspecified atom stereocenters. The summed E-state index contributed by atoms with van der Waals surface area (Å²) in [5.41, 5.74) is 0. The van der Waals surface area contributed by atoms with Crippen molar-refractivity contribution in [1.82, 2.24) is 0 Å². The van der Waals surface area contributed by atoms with Crippen LogP contribution >= 0.6 is 0 Å². The Kier molecular flexibility index (Phi) is 19.5. The van der Waals surface area contributed by atoms with Crippen LogP contribution in [0.15, 0.2) is 12.2 Å². The first-order valence-electron chi connectivity index (χ1n) is 9.81. The van der Waals surface area contributed by atoms with E-state index in [1.54, 1.807) is 0 Å². The van der Waals surface area contributed by atoms with Gasteiger partial charge < -0.3 is 14.9 Å². The number of ether oxygens (including phenoxy) is 1. The first kappa shape index (κ1) is 23.2. The fourth-order valence-electron chi connectivity index (χ4n) is 2.40. The minimum Gasteiger partial charge on any atom is -0.394 e. The van der Waals surface area contributed by atoms with E-state index < -0.39 is 6.10 Å². The third kappa shape index (κ3) is 17.5. The van der Waals surface area contributed by atoms with Gasteiger partial charge in [-0.1, -0.05) is 69.8 Å². The number of hydrogen-bond acceptors (Lipinski definition) is 3. The van der Waals surface area contributed by atoms with Crippen molar-refractivity contribution in [2.24, 2.45) is 0 Å². The zero-order chi connectivity index (χ0) is 17.7. The van der Waals surface area contributed by atoms with Crippen molar-refractivity contribution in [3.8, 4) is 11.8 Å². The summed E-state index contributed by atoms with van der Waals surface area (Å²) >= 11 is 0. The quantitative estimate of drug-likeness (QED) is 0.319.